The van der Waals surface area contributed by atoms with E-state index in [-0.39, 0.29) is 0 Å². The largest absolute Gasteiger partial charge is 0.494 e. The summed E-state index contributed by atoms with van der Waals surface area (Å²) in [6, 6.07) is 10.2. The first kappa shape index (κ1) is 13.5. The molecule has 100 valence electrons. The fourth-order valence-corrected chi connectivity index (χ4v) is 1.82. The minimum Gasteiger partial charge on any atom is -0.494 e. The van der Waals surface area contributed by atoms with Crippen molar-refractivity contribution in [3.05, 3.63) is 65.2 Å². The van der Waals surface area contributed by atoms with Gasteiger partial charge in [-0.1, -0.05) is 18.2 Å². The SMILES string of the molecule is CCOc1cccc(C(O)c2ccc(F)c(F)c2)c1. The van der Waals surface area contributed by atoms with Crippen molar-refractivity contribution >= 4 is 0 Å². The second-order valence-corrected chi connectivity index (χ2v) is 4.08. The first-order chi connectivity index (χ1) is 9.11. The third-order valence-electron chi connectivity index (χ3n) is 2.74. The van der Waals surface area contributed by atoms with Gasteiger partial charge in [0, 0.05) is 0 Å². The Labute approximate surface area is 110 Å². The van der Waals surface area contributed by atoms with E-state index in [0.29, 0.717) is 23.5 Å². The molecular weight excluding hydrogens is 250 g/mol. The number of benzene rings is 2. The van der Waals surface area contributed by atoms with E-state index >= 15 is 0 Å². The molecule has 2 aromatic rings. The predicted octanol–water partition coefficient (Wildman–Crippen LogP) is 3.45. The van der Waals surface area contributed by atoms with E-state index in [9.17, 15) is 13.9 Å². The summed E-state index contributed by atoms with van der Waals surface area (Å²) in [5.74, 6) is -1.28. The average molecular weight is 264 g/mol. The number of hydrogen-bond acceptors (Lipinski definition) is 2. The zero-order valence-electron chi connectivity index (χ0n) is 10.4. The topological polar surface area (TPSA) is 29.5 Å². The van der Waals surface area contributed by atoms with Crippen molar-refractivity contribution < 1.29 is 18.6 Å². The van der Waals surface area contributed by atoms with Crippen molar-refractivity contribution in [1.29, 1.82) is 0 Å². The minimum absolute atomic E-state index is 0.299. The van der Waals surface area contributed by atoms with E-state index < -0.39 is 17.7 Å². The standard InChI is InChI=1S/C15H14F2O2/c1-2-19-12-5-3-4-10(8-12)15(18)11-6-7-13(16)14(17)9-11/h3-9,15,18H,2H2,1H3. The molecule has 2 aromatic carbocycles. The lowest BCUT2D eigenvalue weighted by Crippen LogP contribution is -2.02. The summed E-state index contributed by atoms with van der Waals surface area (Å²) in [6.45, 7) is 2.38. The Morgan fingerprint density at radius 2 is 1.79 bits per heavy atom. The summed E-state index contributed by atoms with van der Waals surface area (Å²) >= 11 is 0. The number of aliphatic hydroxyl groups is 1. The number of hydrogen-bond donors (Lipinski definition) is 1. The third-order valence-corrected chi connectivity index (χ3v) is 2.74. The minimum atomic E-state index is -1.02. The Morgan fingerprint density at radius 1 is 1.05 bits per heavy atom. The highest BCUT2D eigenvalue weighted by atomic mass is 19.2. The first-order valence-electron chi connectivity index (χ1n) is 5.97. The fourth-order valence-electron chi connectivity index (χ4n) is 1.82. The van der Waals surface area contributed by atoms with Gasteiger partial charge in [0.1, 0.15) is 11.9 Å². The van der Waals surface area contributed by atoms with Gasteiger partial charge in [-0.25, -0.2) is 8.78 Å². The van der Waals surface area contributed by atoms with Gasteiger partial charge in [-0.05, 0) is 42.3 Å². The van der Waals surface area contributed by atoms with E-state index in [2.05, 4.69) is 0 Å². The zero-order chi connectivity index (χ0) is 13.8. The van der Waals surface area contributed by atoms with E-state index in [1.54, 1.807) is 24.3 Å². The van der Waals surface area contributed by atoms with Crippen molar-refractivity contribution in [3.63, 3.8) is 0 Å². The van der Waals surface area contributed by atoms with Gasteiger partial charge in [0.15, 0.2) is 11.6 Å². The van der Waals surface area contributed by atoms with Gasteiger partial charge in [-0.2, -0.15) is 0 Å². The van der Waals surface area contributed by atoms with Gasteiger partial charge < -0.3 is 9.84 Å². The zero-order valence-corrected chi connectivity index (χ0v) is 10.4. The number of aliphatic hydroxyl groups excluding tert-OH is 1. The molecule has 0 saturated heterocycles. The van der Waals surface area contributed by atoms with Gasteiger partial charge in [0.2, 0.25) is 0 Å². The lowest BCUT2D eigenvalue weighted by atomic mass is 10.0. The maximum absolute atomic E-state index is 13.1. The molecule has 0 aliphatic carbocycles. The van der Waals surface area contributed by atoms with Gasteiger partial charge in [-0.3, -0.25) is 0 Å². The van der Waals surface area contributed by atoms with Crippen LogP contribution in [0.1, 0.15) is 24.2 Å². The quantitative estimate of drug-likeness (QED) is 0.916. The van der Waals surface area contributed by atoms with Crippen molar-refractivity contribution in [1.82, 2.24) is 0 Å². The summed E-state index contributed by atoms with van der Waals surface area (Å²) in [6.07, 6.45) is -1.02. The molecule has 19 heavy (non-hydrogen) atoms. The smallest absolute Gasteiger partial charge is 0.159 e. The molecule has 2 nitrogen and oxygen atoms in total. The van der Waals surface area contributed by atoms with E-state index in [1.165, 1.54) is 6.07 Å². The van der Waals surface area contributed by atoms with Crippen LogP contribution in [-0.4, -0.2) is 11.7 Å². The molecule has 0 aromatic heterocycles. The Morgan fingerprint density at radius 3 is 2.47 bits per heavy atom. The molecule has 1 unspecified atom stereocenters. The Kier molecular flexibility index (Phi) is 4.12. The summed E-state index contributed by atoms with van der Waals surface area (Å²) in [4.78, 5) is 0. The first-order valence-corrected chi connectivity index (χ1v) is 5.97. The number of ether oxygens (including phenoxy) is 1. The molecule has 0 fully saturated rings. The summed E-state index contributed by atoms with van der Waals surface area (Å²) in [5.41, 5.74) is 0.865. The molecule has 0 bridgehead atoms. The number of halogens is 2. The van der Waals surface area contributed by atoms with Crippen LogP contribution in [-0.2, 0) is 0 Å². The van der Waals surface area contributed by atoms with Crippen LogP contribution in [0.25, 0.3) is 0 Å². The normalized spacial score (nSPS) is 12.2. The van der Waals surface area contributed by atoms with Crippen molar-refractivity contribution in [2.75, 3.05) is 6.61 Å². The molecule has 2 rings (SSSR count). The lowest BCUT2D eigenvalue weighted by Gasteiger charge is -2.13. The van der Waals surface area contributed by atoms with Gasteiger partial charge in [0.05, 0.1) is 6.61 Å². The monoisotopic (exact) mass is 264 g/mol. The maximum Gasteiger partial charge on any atom is 0.159 e. The highest BCUT2D eigenvalue weighted by Crippen LogP contribution is 2.26. The molecule has 1 atom stereocenters. The second-order valence-electron chi connectivity index (χ2n) is 4.08. The predicted molar refractivity (Wildman–Crippen MR) is 68.0 cm³/mol. The van der Waals surface area contributed by atoms with Crippen LogP contribution in [0.4, 0.5) is 8.78 Å². The lowest BCUT2D eigenvalue weighted by molar-refractivity contribution is 0.218. The maximum atomic E-state index is 13.1. The molecule has 0 saturated carbocycles. The molecular formula is C15H14F2O2. The Hall–Kier alpha value is -1.94. The van der Waals surface area contributed by atoms with Crippen LogP contribution in [0.2, 0.25) is 0 Å². The molecule has 0 heterocycles. The van der Waals surface area contributed by atoms with Gasteiger partial charge >= 0.3 is 0 Å². The molecule has 0 spiro atoms. The van der Waals surface area contributed by atoms with Crippen LogP contribution >= 0.6 is 0 Å². The van der Waals surface area contributed by atoms with E-state index in [1.807, 2.05) is 6.92 Å². The Bertz CT molecular complexity index is 570. The van der Waals surface area contributed by atoms with E-state index in [4.69, 9.17) is 4.74 Å². The molecule has 1 N–H and O–H groups in total. The van der Waals surface area contributed by atoms with Crippen LogP contribution < -0.4 is 4.74 Å². The second kappa shape index (κ2) is 5.80. The van der Waals surface area contributed by atoms with E-state index in [0.717, 1.165) is 12.1 Å². The number of rotatable bonds is 4. The van der Waals surface area contributed by atoms with Crippen molar-refractivity contribution in [2.45, 2.75) is 13.0 Å². The third kappa shape index (κ3) is 3.09. The summed E-state index contributed by atoms with van der Waals surface area (Å²) in [5, 5.41) is 10.2. The van der Waals surface area contributed by atoms with Gasteiger partial charge in [0.25, 0.3) is 0 Å². The fraction of sp³-hybridized carbons (Fsp3) is 0.200. The van der Waals surface area contributed by atoms with Crippen LogP contribution in [0.3, 0.4) is 0 Å². The molecule has 4 heteroatoms. The summed E-state index contributed by atoms with van der Waals surface area (Å²) in [7, 11) is 0. The van der Waals surface area contributed by atoms with Crippen LogP contribution in [0.5, 0.6) is 5.75 Å². The highest BCUT2D eigenvalue weighted by molar-refractivity contribution is 5.35. The highest BCUT2D eigenvalue weighted by Gasteiger charge is 2.13. The van der Waals surface area contributed by atoms with Gasteiger partial charge in [-0.15, -0.1) is 0 Å². The van der Waals surface area contributed by atoms with Crippen LogP contribution in [0, 0.1) is 11.6 Å². The summed E-state index contributed by atoms with van der Waals surface area (Å²) < 4.78 is 31.3. The molecule has 0 radical (unpaired) electrons. The molecule has 0 aliphatic heterocycles. The average Bonchev–Trinajstić information content (AvgIpc) is 2.42. The Balaban J connectivity index is 2.29. The van der Waals surface area contributed by atoms with Crippen molar-refractivity contribution in [3.8, 4) is 5.75 Å². The molecule has 0 aliphatic rings. The molecule has 0 amide bonds. The van der Waals surface area contributed by atoms with Crippen LogP contribution in [0.15, 0.2) is 42.5 Å². The van der Waals surface area contributed by atoms with Crippen molar-refractivity contribution in [2.24, 2.45) is 0 Å².